The monoisotopic (exact) mass is 293 g/mol. The van der Waals surface area contributed by atoms with Crippen LogP contribution in [0.2, 0.25) is 0 Å². The Morgan fingerprint density at radius 1 is 1.43 bits per heavy atom. The number of fused-ring (bicyclic) bond motifs is 1. The van der Waals surface area contributed by atoms with Crippen molar-refractivity contribution < 1.29 is 4.79 Å². The Morgan fingerprint density at radius 2 is 2.05 bits per heavy atom. The fraction of sp³-hybridized carbons (Fsp3) is 0.625. The van der Waals surface area contributed by atoms with E-state index in [1.807, 2.05) is 19.9 Å². The molecule has 0 radical (unpaired) electrons. The first-order valence-electron chi connectivity index (χ1n) is 7.57. The highest BCUT2D eigenvalue weighted by molar-refractivity contribution is 5.79. The van der Waals surface area contributed by atoms with Crippen molar-refractivity contribution in [1.29, 1.82) is 0 Å². The summed E-state index contributed by atoms with van der Waals surface area (Å²) in [5.41, 5.74) is 13.6. The highest BCUT2D eigenvalue weighted by atomic mass is 16.1. The first kappa shape index (κ1) is 17.4. The molecule has 0 spiro atoms. The van der Waals surface area contributed by atoms with Crippen molar-refractivity contribution in [3.05, 3.63) is 33.2 Å². The summed E-state index contributed by atoms with van der Waals surface area (Å²) in [6.45, 7) is 8.44. The summed E-state index contributed by atoms with van der Waals surface area (Å²) in [6, 6.07) is 1.08. The van der Waals surface area contributed by atoms with E-state index in [1.165, 1.54) is 0 Å². The lowest BCUT2D eigenvalue weighted by molar-refractivity contribution is -0.119. The predicted octanol–water partition coefficient (Wildman–Crippen LogP) is 1.27. The number of amides is 1. The van der Waals surface area contributed by atoms with Gasteiger partial charge in [-0.1, -0.05) is 27.7 Å². The van der Waals surface area contributed by atoms with Crippen LogP contribution in [0.3, 0.4) is 0 Å². The highest BCUT2D eigenvalue weighted by Gasteiger charge is 2.26. The normalized spacial score (nSPS) is 17.2. The van der Waals surface area contributed by atoms with Gasteiger partial charge >= 0.3 is 0 Å². The Hall–Kier alpha value is -1.62. The number of aryl methyl sites for hydroxylation is 1. The molecule has 1 aliphatic rings. The van der Waals surface area contributed by atoms with Gasteiger partial charge < -0.3 is 16.5 Å². The van der Waals surface area contributed by atoms with Gasteiger partial charge in [-0.2, -0.15) is 0 Å². The third kappa shape index (κ3) is 4.43. The lowest BCUT2D eigenvalue weighted by atomic mass is 9.75. The van der Waals surface area contributed by atoms with Crippen molar-refractivity contribution in [1.82, 2.24) is 4.98 Å². The maximum atomic E-state index is 11.9. The number of nitrogens with two attached hydrogens (primary N) is 2. The van der Waals surface area contributed by atoms with Crippen LogP contribution in [0.1, 0.15) is 50.9 Å². The van der Waals surface area contributed by atoms with Gasteiger partial charge in [0.15, 0.2) is 0 Å². The van der Waals surface area contributed by atoms with Gasteiger partial charge in [-0.15, -0.1) is 0 Å². The standard InChI is InChI=1S/C14H21N3O2.C2H6/c1-14(2)4-3-11-9(7-14)5-8(13(19)17-11)6-10(15)12(16)18;1-2/h5,10H,3-4,6-7,15H2,1-2H3,(H2,16,18)(H,17,19);1-2H3. The van der Waals surface area contributed by atoms with Gasteiger partial charge in [-0.25, -0.2) is 0 Å². The van der Waals surface area contributed by atoms with E-state index >= 15 is 0 Å². The molecule has 0 saturated carbocycles. The van der Waals surface area contributed by atoms with Crippen molar-refractivity contribution in [3.63, 3.8) is 0 Å². The van der Waals surface area contributed by atoms with Crippen LogP contribution in [0.5, 0.6) is 0 Å². The largest absolute Gasteiger partial charge is 0.368 e. The molecule has 5 nitrogen and oxygen atoms in total. The summed E-state index contributed by atoms with van der Waals surface area (Å²) < 4.78 is 0. The van der Waals surface area contributed by atoms with E-state index in [2.05, 4.69) is 18.8 Å². The first-order chi connectivity index (χ1) is 9.78. The van der Waals surface area contributed by atoms with Crippen molar-refractivity contribution in [2.24, 2.45) is 16.9 Å². The molecular formula is C16H27N3O2. The van der Waals surface area contributed by atoms with E-state index in [-0.39, 0.29) is 17.4 Å². The fourth-order valence-corrected chi connectivity index (χ4v) is 2.60. The summed E-state index contributed by atoms with van der Waals surface area (Å²) in [7, 11) is 0. The Bertz CT molecular complexity index is 561. The quantitative estimate of drug-likeness (QED) is 0.782. The van der Waals surface area contributed by atoms with Gasteiger partial charge in [-0.05, 0) is 36.3 Å². The molecule has 2 rings (SSSR count). The number of nitrogens with one attached hydrogen (secondary N) is 1. The van der Waals surface area contributed by atoms with Crippen LogP contribution in [0, 0.1) is 5.41 Å². The minimum atomic E-state index is -0.809. The summed E-state index contributed by atoms with van der Waals surface area (Å²) in [5.74, 6) is -0.586. The fourth-order valence-electron chi connectivity index (χ4n) is 2.60. The first-order valence-corrected chi connectivity index (χ1v) is 7.57. The topological polar surface area (TPSA) is 102 Å². The Labute approximate surface area is 126 Å². The second-order valence-electron chi connectivity index (χ2n) is 6.18. The molecule has 1 aromatic rings. The van der Waals surface area contributed by atoms with E-state index in [9.17, 15) is 9.59 Å². The number of hydrogen-bond donors (Lipinski definition) is 3. The lowest BCUT2D eigenvalue weighted by Crippen LogP contribution is -2.39. The van der Waals surface area contributed by atoms with Crippen LogP contribution < -0.4 is 17.0 Å². The number of H-pyrrole nitrogens is 1. The molecule has 21 heavy (non-hydrogen) atoms. The maximum absolute atomic E-state index is 11.9. The van der Waals surface area contributed by atoms with Gasteiger partial charge in [0, 0.05) is 17.7 Å². The van der Waals surface area contributed by atoms with Gasteiger partial charge in [0.25, 0.3) is 5.56 Å². The third-order valence-electron chi connectivity index (χ3n) is 3.82. The zero-order valence-corrected chi connectivity index (χ0v) is 13.5. The number of rotatable bonds is 3. The van der Waals surface area contributed by atoms with E-state index < -0.39 is 11.9 Å². The second-order valence-corrected chi connectivity index (χ2v) is 6.18. The molecule has 5 N–H and O–H groups in total. The molecule has 118 valence electrons. The molecule has 0 saturated heterocycles. The second kappa shape index (κ2) is 6.89. The Balaban J connectivity index is 0.00000106. The summed E-state index contributed by atoms with van der Waals surface area (Å²) in [6.07, 6.45) is 3.08. The smallest absolute Gasteiger partial charge is 0.251 e. The van der Waals surface area contributed by atoms with Gasteiger partial charge in [0.2, 0.25) is 5.91 Å². The Morgan fingerprint density at radius 3 is 2.62 bits per heavy atom. The van der Waals surface area contributed by atoms with Crippen LogP contribution in [0.4, 0.5) is 0 Å². The highest BCUT2D eigenvalue weighted by Crippen LogP contribution is 2.33. The molecule has 1 unspecified atom stereocenters. The minimum absolute atomic E-state index is 0.157. The number of carbonyl (C=O) groups is 1. The van der Waals surface area contributed by atoms with E-state index in [0.29, 0.717) is 5.56 Å². The minimum Gasteiger partial charge on any atom is -0.368 e. The molecule has 1 aromatic heterocycles. The predicted molar refractivity (Wildman–Crippen MR) is 85.1 cm³/mol. The van der Waals surface area contributed by atoms with Crippen molar-refractivity contribution in [2.45, 2.75) is 59.4 Å². The van der Waals surface area contributed by atoms with E-state index in [0.717, 1.165) is 30.5 Å². The third-order valence-corrected chi connectivity index (χ3v) is 3.82. The number of primary amides is 1. The van der Waals surface area contributed by atoms with Crippen LogP contribution in [0.25, 0.3) is 0 Å². The molecule has 0 fully saturated rings. The molecule has 1 heterocycles. The average molecular weight is 293 g/mol. The zero-order chi connectivity index (χ0) is 16.2. The molecule has 0 aliphatic heterocycles. The molecule has 0 aromatic carbocycles. The molecule has 5 heteroatoms. The molecule has 1 aliphatic carbocycles. The summed E-state index contributed by atoms with van der Waals surface area (Å²) in [4.78, 5) is 25.9. The van der Waals surface area contributed by atoms with Crippen molar-refractivity contribution >= 4 is 5.91 Å². The van der Waals surface area contributed by atoms with Gasteiger partial charge in [0.05, 0.1) is 6.04 Å². The molecule has 0 bridgehead atoms. The summed E-state index contributed by atoms with van der Waals surface area (Å²) >= 11 is 0. The van der Waals surface area contributed by atoms with E-state index in [1.54, 1.807) is 0 Å². The van der Waals surface area contributed by atoms with Crippen LogP contribution in [-0.2, 0) is 24.1 Å². The maximum Gasteiger partial charge on any atom is 0.251 e. The van der Waals surface area contributed by atoms with Gasteiger partial charge in [-0.3, -0.25) is 9.59 Å². The summed E-state index contributed by atoms with van der Waals surface area (Å²) in [5, 5.41) is 0. The Kier molecular flexibility index (Phi) is 5.72. The number of hydrogen-bond acceptors (Lipinski definition) is 3. The average Bonchev–Trinajstić information content (AvgIpc) is 2.41. The zero-order valence-electron chi connectivity index (χ0n) is 13.5. The van der Waals surface area contributed by atoms with E-state index in [4.69, 9.17) is 11.5 Å². The number of aromatic nitrogens is 1. The van der Waals surface area contributed by atoms with Crippen LogP contribution in [0.15, 0.2) is 10.9 Å². The van der Waals surface area contributed by atoms with Crippen molar-refractivity contribution in [2.75, 3.05) is 0 Å². The molecule has 1 atom stereocenters. The number of carbonyl (C=O) groups excluding carboxylic acids is 1. The molecule has 1 amide bonds. The van der Waals surface area contributed by atoms with Crippen LogP contribution >= 0.6 is 0 Å². The lowest BCUT2D eigenvalue weighted by Gasteiger charge is -2.31. The van der Waals surface area contributed by atoms with Gasteiger partial charge in [0.1, 0.15) is 0 Å². The van der Waals surface area contributed by atoms with Crippen molar-refractivity contribution in [3.8, 4) is 0 Å². The number of aromatic amines is 1. The molecular weight excluding hydrogens is 266 g/mol. The number of pyridine rings is 1. The SMILES string of the molecule is CC.CC1(C)CCc2[nH]c(=O)c(CC(N)C(N)=O)cc2C1. The van der Waals surface area contributed by atoms with Crippen LogP contribution in [-0.4, -0.2) is 16.9 Å².